The summed E-state index contributed by atoms with van der Waals surface area (Å²) < 4.78 is 10.1. The molecule has 0 N–H and O–H groups in total. The minimum atomic E-state index is -0.239. The maximum absolute atomic E-state index is 5.04. The number of aryl methyl sites for hydroxylation is 1. The molecule has 4 heteroatoms. The monoisotopic (exact) mass is 182 g/mol. The van der Waals surface area contributed by atoms with E-state index >= 15 is 0 Å². The molecule has 13 heavy (non-hydrogen) atoms. The number of nitrogens with zero attached hydrogens (tertiary/aromatic N) is 2. The van der Waals surface area contributed by atoms with Crippen LogP contribution in [0, 0.1) is 6.92 Å². The van der Waals surface area contributed by atoms with Crippen LogP contribution in [0.4, 0.5) is 0 Å². The first-order chi connectivity index (χ1) is 6.26. The molecule has 0 unspecified atom stereocenters. The number of methoxy groups -OCH3 is 2. The molecular formula is C9H14N2O2. The van der Waals surface area contributed by atoms with Gasteiger partial charge in [0.15, 0.2) is 6.29 Å². The maximum Gasteiger partial charge on any atom is 0.162 e. The minimum Gasteiger partial charge on any atom is -0.356 e. The van der Waals surface area contributed by atoms with E-state index in [9.17, 15) is 0 Å². The van der Waals surface area contributed by atoms with Crippen molar-refractivity contribution in [2.24, 2.45) is 0 Å². The predicted octanol–water partition coefficient (Wildman–Crippen LogP) is 0.946. The van der Waals surface area contributed by atoms with Crippen LogP contribution in [-0.2, 0) is 15.9 Å². The molecule has 1 aromatic heterocycles. The molecule has 0 atom stereocenters. The van der Waals surface area contributed by atoms with Gasteiger partial charge in [0.25, 0.3) is 0 Å². The van der Waals surface area contributed by atoms with Gasteiger partial charge in [0.2, 0.25) is 0 Å². The Bertz CT molecular complexity index is 244. The third kappa shape index (κ3) is 3.08. The zero-order valence-corrected chi connectivity index (χ0v) is 8.15. The van der Waals surface area contributed by atoms with Gasteiger partial charge < -0.3 is 9.47 Å². The van der Waals surface area contributed by atoms with Crippen LogP contribution in [0.5, 0.6) is 0 Å². The molecule has 0 fully saturated rings. The molecule has 0 amide bonds. The molecule has 0 saturated heterocycles. The highest BCUT2D eigenvalue weighted by Gasteiger charge is 2.07. The van der Waals surface area contributed by atoms with Crippen molar-refractivity contribution in [2.75, 3.05) is 14.2 Å². The molecule has 0 aliphatic heterocycles. The van der Waals surface area contributed by atoms with Crippen LogP contribution in [0.15, 0.2) is 12.1 Å². The van der Waals surface area contributed by atoms with Gasteiger partial charge in [-0.1, -0.05) is 0 Å². The van der Waals surface area contributed by atoms with Gasteiger partial charge in [0.1, 0.15) is 0 Å². The van der Waals surface area contributed by atoms with Gasteiger partial charge in [0.05, 0.1) is 11.4 Å². The van der Waals surface area contributed by atoms with Crippen molar-refractivity contribution in [3.8, 4) is 0 Å². The topological polar surface area (TPSA) is 44.2 Å². The molecule has 0 aliphatic rings. The standard InChI is InChI=1S/C9H14N2O2/c1-7-4-5-8(11-10-7)6-9(12-2)13-3/h4-5,9H,6H2,1-3H3. The fourth-order valence-corrected chi connectivity index (χ4v) is 0.969. The Morgan fingerprint density at radius 1 is 1.23 bits per heavy atom. The van der Waals surface area contributed by atoms with Gasteiger partial charge in [-0.15, -0.1) is 0 Å². The number of hydrogen-bond acceptors (Lipinski definition) is 4. The van der Waals surface area contributed by atoms with Crippen molar-refractivity contribution in [3.63, 3.8) is 0 Å². The fourth-order valence-electron chi connectivity index (χ4n) is 0.969. The Hall–Kier alpha value is -1.00. The summed E-state index contributed by atoms with van der Waals surface area (Å²) in [5.74, 6) is 0. The highest BCUT2D eigenvalue weighted by molar-refractivity contribution is 5.05. The largest absolute Gasteiger partial charge is 0.356 e. The highest BCUT2D eigenvalue weighted by atomic mass is 16.7. The van der Waals surface area contributed by atoms with E-state index in [1.54, 1.807) is 14.2 Å². The van der Waals surface area contributed by atoms with Crippen LogP contribution in [-0.4, -0.2) is 30.7 Å². The molecule has 72 valence electrons. The van der Waals surface area contributed by atoms with Gasteiger partial charge in [-0.3, -0.25) is 0 Å². The van der Waals surface area contributed by atoms with Crippen molar-refractivity contribution in [1.82, 2.24) is 10.2 Å². The normalized spacial score (nSPS) is 10.8. The van der Waals surface area contributed by atoms with Crippen LogP contribution in [0.3, 0.4) is 0 Å². The number of hydrogen-bond donors (Lipinski definition) is 0. The molecule has 0 aliphatic carbocycles. The molecule has 4 nitrogen and oxygen atoms in total. The summed E-state index contributed by atoms with van der Waals surface area (Å²) in [4.78, 5) is 0. The van der Waals surface area contributed by atoms with E-state index in [-0.39, 0.29) is 6.29 Å². The smallest absolute Gasteiger partial charge is 0.162 e. The fraction of sp³-hybridized carbons (Fsp3) is 0.556. The van der Waals surface area contributed by atoms with E-state index in [0.29, 0.717) is 6.42 Å². The van der Waals surface area contributed by atoms with E-state index in [2.05, 4.69) is 10.2 Å². The van der Waals surface area contributed by atoms with Crippen molar-refractivity contribution in [3.05, 3.63) is 23.5 Å². The number of rotatable bonds is 4. The number of aromatic nitrogens is 2. The molecular weight excluding hydrogens is 168 g/mol. The van der Waals surface area contributed by atoms with Crippen molar-refractivity contribution in [1.29, 1.82) is 0 Å². The lowest BCUT2D eigenvalue weighted by atomic mass is 10.2. The average molecular weight is 182 g/mol. The molecule has 0 aromatic carbocycles. The van der Waals surface area contributed by atoms with E-state index in [4.69, 9.17) is 9.47 Å². The molecule has 0 saturated carbocycles. The Kier molecular flexibility index (Phi) is 3.79. The summed E-state index contributed by atoms with van der Waals surface area (Å²) in [6.45, 7) is 1.90. The second kappa shape index (κ2) is 4.89. The average Bonchev–Trinajstić information content (AvgIpc) is 2.17. The Morgan fingerprint density at radius 2 is 1.92 bits per heavy atom. The SMILES string of the molecule is COC(Cc1ccc(C)nn1)OC. The summed E-state index contributed by atoms with van der Waals surface area (Å²) >= 11 is 0. The Labute approximate surface area is 77.9 Å². The molecule has 0 radical (unpaired) electrons. The first-order valence-electron chi connectivity index (χ1n) is 4.11. The first kappa shape index (κ1) is 10.1. The third-order valence-corrected chi connectivity index (χ3v) is 1.75. The van der Waals surface area contributed by atoms with Crippen LogP contribution in [0.1, 0.15) is 11.4 Å². The quantitative estimate of drug-likeness (QED) is 0.650. The van der Waals surface area contributed by atoms with E-state index in [0.717, 1.165) is 11.4 Å². The first-order valence-corrected chi connectivity index (χ1v) is 4.11. The lowest BCUT2D eigenvalue weighted by molar-refractivity contribution is -0.101. The third-order valence-electron chi connectivity index (χ3n) is 1.75. The second-order valence-electron chi connectivity index (χ2n) is 2.77. The molecule has 1 rings (SSSR count). The summed E-state index contributed by atoms with van der Waals surface area (Å²) in [7, 11) is 3.21. The zero-order chi connectivity index (χ0) is 9.68. The summed E-state index contributed by atoms with van der Waals surface area (Å²) in [5, 5.41) is 7.94. The molecule has 0 spiro atoms. The van der Waals surface area contributed by atoms with Crippen LogP contribution < -0.4 is 0 Å². The van der Waals surface area contributed by atoms with Crippen molar-refractivity contribution in [2.45, 2.75) is 19.6 Å². The van der Waals surface area contributed by atoms with Crippen LogP contribution in [0.25, 0.3) is 0 Å². The van der Waals surface area contributed by atoms with Gasteiger partial charge in [-0.05, 0) is 19.1 Å². The second-order valence-corrected chi connectivity index (χ2v) is 2.77. The molecule has 1 aromatic rings. The highest BCUT2D eigenvalue weighted by Crippen LogP contribution is 2.02. The zero-order valence-electron chi connectivity index (χ0n) is 8.15. The van der Waals surface area contributed by atoms with Gasteiger partial charge in [-0.25, -0.2) is 0 Å². The van der Waals surface area contributed by atoms with Gasteiger partial charge in [-0.2, -0.15) is 10.2 Å². The van der Waals surface area contributed by atoms with E-state index < -0.39 is 0 Å². The van der Waals surface area contributed by atoms with Crippen molar-refractivity contribution >= 4 is 0 Å². The predicted molar refractivity (Wildman–Crippen MR) is 48.3 cm³/mol. The molecule has 1 heterocycles. The lowest BCUT2D eigenvalue weighted by Gasteiger charge is -2.11. The van der Waals surface area contributed by atoms with Gasteiger partial charge >= 0.3 is 0 Å². The van der Waals surface area contributed by atoms with Crippen LogP contribution in [0.2, 0.25) is 0 Å². The maximum atomic E-state index is 5.04. The number of ether oxygens (including phenoxy) is 2. The summed E-state index contributed by atoms with van der Waals surface area (Å²) in [6.07, 6.45) is 0.386. The van der Waals surface area contributed by atoms with E-state index in [1.165, 1.54) is 0 Å². The minimum absolute atomic E-state index is 0.239. The lowest BCUT2D eigenvalue weighted by Crippen LogP contribution is -2.17. The summed E-state index contributed by atoms with van der Waals surface area (Å²) in [5.41, 5.74) is 1.79. The van der Waals surface area contributed by atoms with Crippen LogP contribution >= 0.6 is 0 Å². The van der Waals surface area contributed by atoms with Gasteiger partial charge in [0, 0.05) is 20.6 Å². The Balaban J connectivity index is 2.58. The Morgan fingerprint density at radius 3 is 2.38 bits per heavy atom. The molecule has 0 bridgehead atoms. The summed E-state index contributed by atoms with van der Waals surface area (Å²) in [6, 6.07) is 3.85. The van der Waals surface area contributed by atoms with E-state index in [1.807, 2.05) is 19.1 Å². The van der Waals surface area contributed by atoms with Crippen molar-refractivity contribution < 1.29 is 9.47 Å².